The van der Waals surface area contributed by atoms with Crippen LogP contribution in [0, 0.1) is 0 Å². The van der Waals surface area contributed by atoms with Crippen LogP contribution < -0.4 is 0 Å². The summed E-state index contributed by atoms with van der Waals surface area (Å²) >= 11 is 1.74. The summed E-state index contributed by atoms with van der Waals surface area (Å²) in [5.74, 6) is 1.67. The molecule has 0 bridgehead atoms. The van der Waals surface area contributed by atoms with Gasteiger partial charge in [0, 0.05) is 11.5 Å². The van der Waals surface area contributed by atoms with Gasteiger partial charge in [0.15, 0.2) is 0 Å². The first-order valence-electron chi connectivity index (χ1n) is 5.60. The van der Waals surface area contributed by atoms with E-state index in [1.165, 1.54) is 5.56 Å². The SMILES string of the molecule is CC(C)OC[C@@H](O)CSCc1ccccc1. The third kappa shape index (κ3) is 6.16. The normalized spacial score (nSPS) is 13.0. The molecule has 0 saturated carbocycles. The molecule has 0 aliphatic rings. The van der Waals surface area contributed by atoms with Crippen molar-refractivity contribution in [1.29, 1.82) is 0 Å². The summed E-state index contributed by atoms with van der Waals surface area (Å²) in [7, 11) is 0. The summed E-state index contributed by atoms with van der Waals surface area (Å²) in [4.78, 5) is 0. The molecule has 1 N–H and O–H groups in total. The molecule has 1 rings (SSSR count). The van der Waals surface area contributed by atoms with Gasteiger partial charge in [-0.1, -0.05) is 30.3 Å². The molecule has 0 spiro atoms. The van der Waals surface area contributed by atoms with Gasteiger partial charge in [0.25, 0.3) is 0 Å². The monoisotopic (exact) mass is 240 g/mol. The number of benzene rings is 1. The van der Waals surface area contributed by atoms with Crippen molar-refractivity contribution in [2.75, 3.05) is 12.4 Å². The first-order valence-corrected chi connectivity index (χ1v) is 6.75. The van der Waals surface area contributed by atoms with E-state index in [0.717, 1.165) is 11.5 Å². The van der Waals surface area contributed by atoms with E-state index in [9.17, 15) is 5.11 Å². The van der Waals surface area contributed by atoms with Crippen molar-refractivity contribution in [3.8, 4) is 0 Å². The van der Waals surface area contributed by atoms with Crippen LogP contribution >= 0.6 is 11.8 Å². The number of aliphatic hydroxyl groups excluding tert-OH is 1. The van der Waals surface area contributed by atoms with Crippen molar-refractivity contribution >= 4 is 11.8 Å². The molecule has 0 amide bonds. The summed E-state index contributed by atoms with van der Waals surface area (Å²) in [6.45, 7) is 4.38. The predicted octanol–water partition coefficient (Wildman–Crippen LogP) is 2.71. The van der Waals surface area contributed by atoms with Gasteiger partial charge >= 0.3 is 0 Å². The minimum atomic E-state index is -0.365. The molecular formula is C13H20O2S. The van der Waals surface area contributed by atoms with Crippen molar-refractivity contribution in [3.05, 3.63) is 35.9 Å². The standard InChI is InChI=1S/C13H20O2S/c1-11(2)15-8-13(14)10-16-9-12-6-4-3-5-7-12/h3-7,11,13-14H,8-10H2,1-2H3/t13-/m1/s1. The zero-order valence-electron chi connectivity index (χ0n) is 9.93. The number of hydrogen-bond acceptors (Lipinski definition) is 3. The molecule has 1 aromatic carbocycles. The van der Waals surface area contributed by atoms with Gasteiger partial charge in [-0.3, -0.25) is 0 Å². The van der Waals surface area contributed by atoms with E-state index in [4.69, 9.17) is 4.74 Å². The Morgan fingerprint density at radius 3 is 2.56 bits per heavy atom. The highest BCUT2D eigenvalue weighted by Crippen LogP contribution is 2.12. The fraction of sp³-hybridized carbons (Fsp3) is 0.538. The van der Waals surface area contributed by atoms with Crippen LogP contribution in [0.2, 0.25) is 0 Å². The maximum absolute atomic E-state index is 9.63. The number of ether oxygens (including phenoxy) is 1. The fourth-order valence-corrected chi connectivity index (χ4v) is 2.15. The lowest BCUT2D eigenvalue weighted by atomic mass is 10.2. The Bertz CT molecular complexity index is 275. The molecule has 16 heavy (non-hydrogen) atoms. The largest absolute Gasteiger partial charge is 0.390 e. The maximum atomic E-state index is 9.63. The second-order valence-corrected chi connectivity index (χ2v) is 5.07. The van der Waals surface area contributed by atoms with Crippen LogP contribution in [0.3, 0.4) is 0 Å². The molecule has 0 saturated heterocycles. The minimum Gasteiger partial charge on any atom is -0.390 e. The van der Waals surface area contributed by atoms with E-state index in [1.807, 2.05) is 32.0 Å². The summed E-state index contributed by atoms with van der Waals surface area (Å²) in [5.41, 5.74) is 1.30. The Balaban J connectivity index is 2.11. The van der Waals surface area contributed by atoms with Gasteiger partial charge in [0.05, 0.1) is 18.8 Å². The smallest absolute Gasteiger partial charge is 0.0864 e. The second-order valence-electron chi connectivity index (χ2n) is 4.04. The summed E-state index contributed by atoms with van der Waals surface area (Å²) in [6, 6.07) is 10.3. The highest BCUT2D eigenvalue weighted by Gasteiger charge is 2.05. The van der Waals surface area contributed by atoms with Gasteiger partial charge in [0.1, 0.15) is 0 Å². The van der Waals surface area contributed by atoms with Crippen LogP contribution in [0.25, 0.3) is 0 Å². The minimum absolute atomic E-state index is 0.189. The molecule has 1 atom stereocenters. The predicted molar refractivity (Wildman–Crippen MR) is 69.7 cm³/mol. The Morgan fingerprint density at radius 1 is 1.25 bits per heavy atom. The Kier molecular flexibility index (Phi) is 6.53. The number of aliphatic hydroxyl groups is 1. The molecule has 2 nitrogen and oxygen atoms in total. The highest BCUT2D eigenvalue weighted by molar-refractivity contribution is 7.98. The van der Waals surface area contributed by atoms with Gasteiger partial charge in [-0.05, 0) is 19.4 Å². The lowest BCUT2D eigenvalue weighted by molar-refractivity contribution is 0.0152. The molecular weight excluding hydrogens is 220 g/mol. The van der Waals surface area contributed by atoms with Gasteiger partial charge in [-0.2, -0.15) is 11.8 Å². The average molecular weight is 240 g/mol. The highest BCUT2D eigenvalue weighted by atomic mass is 32.2. The summed E-state index contributed by atoms with van der Waals surface area (Å²) in [5, 5.41) is 9.63. The average Bonchev–Trinajstić information content (AvgIpc) is 2.28. The van der Waals surface area contributed by atoms with Crippen molar-refractivity contribution in [3.63, 3.8) is 0 Å². The first-order chi connectivity index (χ1) is 7.68. The zero-order chi connectivity index (χ0) is 11.8. The van der Waals surface area contributed by atoms with E-state index < -0.39 is 0 Å². The molecule has 0 unspecified atom stereocenters. The molecule has 0 aliphatic carbocycles. The Labute approximate surface area is 102 Å². The van der Waals surface area contributed by atoms with Crippen molar-refractivity contribution in [1.82, 2.24) is 0 Å². The Morgan fingerprint density at radius 2 is 1.94 bits per heavy atom. The molecule has 0 aromatic heterocycles. The molecule has 0 aliphatic heterocycles. The van der Waals surface area contributed by atoms with Crippen LogP contribution in [0.15, 0.2) is 30.3 Å². The van der Waals surface area contributed by atoms with Gasteiger partial charge in [0.2, 0.25) is 0 Å². The summed E-state index contributed by atoms with van der Waals surface area (Å²) in [6.07, 6.45) is -0.176. The van der Waals surface area contributed by atoms with Crippen molar-refractivity contribution in [2.24, 2.45) is 0 Å². The molecule has 3 heteroatoms. The van der Waals surface area contributed by atoms with Crippen LogP contribution in [0.4, 0.5) is 0 Å². The molecule has 1 aromatic rings. The van der Waals surface area contributed by atoms with Crippen LogP contribution in [0.5, 0.6) is 0 Å². The molecule has 90 valence electrons. The third-order valence-corrected chi connectivity index (χ3v) is 3.20. The maximum Gasteiger partial charge on any atom is 0.0864 e. The molecule has 0 radical (unpaired) electrons. The van der Waals surface area contributed by atoms with Gasteiger partial charge in [-0.15, -0.1) is 0 Å². The number of rotatable bonds is 7. The van der Waals surface area contributed by atoms with Crippen LogP contribution in [0.1, 0.15) is 19.4 Å². The van der Waals surface area contributed by atoms with Gasteiger partial charge < -0.3 is 9.84 Å². The molecule has 0 heterocycles. The first kappa shape index (κ1) is 13.6. The van der Waals surface area contributed by atoms with Crippen molar-refractivity contribution < 1.29 is 9.84 Å². The van der Waals surface area contributed by atoms with E-state index in [0.29, 0.717) is 6.61 Å². The number of thioether (sulfide) groups is 1. The van der Waals surface area contributed by atoms with E-state index in [-0.39, 0.29) is 12.2 Å². The fourth-order valence-electron chi connectivity index (χ4n) is 1.24. The van der Waals surface area contributed by atoms with Gasteiger partial charge in [-0.25, -0.2) is 0 Å². The topological polar surface area (TPSA) is 29.5 Å². The van der Waals surface area contributed by atoms with E-state index >= 15 is 0 Å². The van der Waals surface area contributed by atoms with E-state index in [1.54, 1.807) is 11.8 Å². The zero-order valence-corrected chi connectivity index (χ0v) is 10.7. The summed E-state index contributed by atoms with van der Waals surface area (Å²) < 4.78 is 5.34. The lowest BCUT2D eigenvalue weighted by Gasteiger charge is -2.13. The second kappa shape index (κ2) is 7.71. The number of hydrogen-bond donors (Lipinski definition) is 1. The van der Waals surface area contributed by atoms with Crippen LogP contribution in [-0.2, 0) is 10.5 Å². The lowest BCUT2D eigenvalue weighted by Crippen LogP contribution is -2.20. The Hall–Kier alpha value is -0.510. The van der Waals surface area contributed by atoms with E-state index in [2.05, 4.69) is 12.1 Å². The third-order valence-electron chi connectivity index (χ3n) is 2.04. The quantitative estimate of drug-likeness (QED) is 0.794. The molecule has 0 fully saturated rings. The van der Waals surface area contributed by atoms with Crippen molar-refractivity contribution in [2.45, 2.75) is 31.8 Å². The van der Waals surface area contributed by atoms with Crippen LogP contribution in [-0.4, -0.2) is 29.7 Å².